The number of methoxy groups -OCH3 is 1. The summed E-state index contributed by atoms with van der Waals surface area (Å²) in [5.41, 5.74) is 5.03. The molecular formula is C24H22Cl2N6O2. The van der Waals surface area contributed by atoms with Crippen molar-refractivity contribution >= 4 is 50.8 Å². The number of H-pyrrole nitrogens is 2. The van der Waals surface area contributed by atoms with Gasteiger partial charge in [0.25, 0.3) is 0 Å². The van der Waals surface area contributed by atoms with Crippen LogP contribution in [0.15, 0.2) is 48.8 Å². The number of nitrogens with one attached hydrogen (secondary N) is 3. The van der Waals surface area contributed by atoms with E-state index >= 15 is 0 Å². The third kappa shape index (κ3) is 4.40. The van der Waals surface area contributed by atoms with E-state index in [2.05, 4.69) is 25.5 Å². The van der Waals surface area contributed by atoms with Crippen molar-refractivity contribution in [1.29, 1.82) is 0 Å². The van der Waals surface area contributed by atoms with Crippen LogP contribution in [0.25, 0.3) is 33.5 Å². The van der Waals surface area contributed by atoms with Crippen LogP contribution in [-0.2, 0) is 4.74 Å². The summed E-state index contributed by atoms with van der Waals surface area (Å²) >= 11 is 12.6. The molecule has 0 fully saturated rings. The number of aromatic amines is 2. The van der Waals surface area contributed by atoms with Gasteiger partial charge in [-0.15, -0.1) is 0 Å². The fraction of sp³-hybridized carbons (Fsp3) is 0.208. The fourth-order valence-corrected chi connectivity index (χ4v) is 4.52. The molecule has 1 atom stereocenters. The number of benzene rings is 2. The van der Waals surface area contributed by atoms with E-state index in [0.29, 0.717) is 39.5 Å². The Labute approximate surface area is 205 Å². The molecule has 0 aliphatic rings. The van der Waals surface area contributed by atoms with Crippen molar-refractivity contribution in [3.63, 3.8) is 0 Å². The third-order valence-electron chi connectivity index (χ3n) is 5.49. The molecule has 10 heteroatoms. The van der Waals surface area contributed by atoms with E-state index in [9.17, 15) is 0 Å². The number of rotatable bonds is 8. The summed E-state index contributed by atoms with van der Waals surface area (Å²) in [6.07, 6.45) is 2.74. The first kappa shape index (κ1) is 22.5. The molecule has 34 heavy (non-hydrogen) atoms. The molecular weight excluding hydrogens is 475 g/mol. The number of ether oxygens (including phenoxy) is 2. The van der Waals surface area contributed by atoms with Gasteiger partial charge < -0.3 is 19.8 Å². The van der Waals surface area contributed by atoms with Crippen molar-refractivity contribution in [3.05, 3.63) is 64.4 Å². The molecule has 3 aromatic heterocycles. The maximum Gasteiger partial charge on any atom is 0.159 e. The largest absolute Gasteiger partial charge is 0.486 e. The highest BCUT2D eigenvalue weighted by molar-refractivity contribution is 6.35. The topological polar surface area (TPSA) is 101 Å². The molecule has 5 rings (SSSR count). The van der Waals surface area contributed by atoms with Gasteiger partial charge in [0.05, 0.1) is 33.2 Å². The molecule has 0 radical (unpaired) electrons. The molecule has 0 amide bonds. The van der Waals surface area contributed by atoms with Gasteiger partial charge in [0.15, 0.2) is 5.82 Å². The molecule has 3 heterocycles. The Kier molecular flexibility index (Phi) is 6.28. The maximum atomic E-state index is 6.29. The Hall–Kier alpha value is -3.33. The molecule has 8 nitrogen and oxygen atoms in total. The summed E-state index contributed by atoms with van der Waals surface area (Å²) in [5.74, 6) is 1.33. The SMILES string of the molecule is COCCNc1ccc2nc(-c3n[nH]c4ccc(OC(C)c5c(Cl)cncc5Cl)cc34)[nH]c2c1. The van der Waals surface area contributed by atoms with Crippen LogP contribution in [-0.4, -0.2) is 45.4 Å². The minimum absolute atomic E-state index is 0.369. The minimum Gasteiger partial charge on any atom is -0.486 e. The molecule has 0 bridgehead atoms. The van der Waals surface area contributed by atoms with Crippen molar-refractivity contribution in [2.45, 2.75) is 13.0 Å². The number of hydrogen-bond donors (Lipinski definition) is 3. The Balaban J connectivity index is 1.44. The van der Waals surface area contributed by atoms with Gasteiger partial charge in [0, 0.05) is 42.7 Å². The van der Waals surface area contributed by atoms with Crippen LogP contribution < -0.4 is 10.1 Å². The number of aromatic nitrogens is 5. The van der Waals surface area contributed by atoms with Gasteiger partial charge in [0.2, 0.25) is 0 Å². The van der Waals surface area contributed by atoms with Crippen molar-refractivity contribution in [2.24, 2.45) is 0 Å². The fourth-order valence-electron chi connectivity index (χ4n) is 3.85. The molecule has 3 N–H and O–H groups in total. The highest BCUT2D eigenvalue weighted by Gasteiger charge is 2.18. The van der Waals surface area contributed by atoms with Crippen molar-refractivity contribution < 1.29 is 9.47 Å². The average molecular weight is 497 g/mol. The van der Waals surface area contributed by atoms with Gasteiger partial charge in [-0.05, 0) is 43.3 Å². The predicted octanol–water partition coefficient (Wildman–Crippen LogP) is 6.01. The summed E-state index contributed by atoms with van der Waals surface area (Å²) in [4.78, 5) is 12.1. The van der Waals surface area contributed by atoms with E-state index < -0.39 is 0 Å². The molecule has 0 aliphatic heterocycles. The van der Waals surface area contributed by atoms with E-state index in [1.54, 1.807) is 19.5 Å². The van der Waals surface area contributed by atoms with E-state index in [0.717, 1.165) is 34.2 Å². The number of anilines is 1. The second kappa shape index (κ2) is 9.50. The van der Waals surface area contributed by atoms with E-state index in [1.165, 1.54) is 0 Å². The molecule has 2 aromatic carbocycles. The van der Waals surface area contributed by atoms with Gasteiger partial charge in [-0.3, -0.25) is 10.1 Å². The third-order valence-corrected chi connectivity index (χ3v) is 6.09. The Morgan fingerprint density at radius 2 is 1.88 bits per heavy atom. The molecule has 0 saturated carbocycles. The Bertz CT molecular complexity index is 1440. The zero-order valence-corrected chi connectivity index (χ0v) is 20.0. The number of nitrogens with zero attached hydrogens (tertiary/aromatic N) is 3. The van der Waals surface area contributed by atoms with Crippen LogP contribution in [0.3, 0.4) is 0 Å². The average Bonchev–Trinajstić information content (AvgIpc) is 3.42. The molecule has 1 unspecified atom stereocenters. The standard InChI is InChI=1S/C24H22Cl2N6O2/c1-13(22-17(25)11-27-12-18(22)26)34-15-4-6-19-16(10-15)23(32-31-19)24-29-20-5-3-14(9-21(20)30-24)28-7-8-33-2/h3-6,9-13,28H,7-8H2,1-2H3,(H,29,30)(H,31,32). The predicted molar refractivity (Wildman–Crippen MR) is 135 cm³/mol. The normalized spacial score (nSPS) is 12.4. The second-order valence-corrected chi connectivity index (χ2v) is 8.61. The first-order valence-corrected chi connectivity index (χ1v) is 11.5. The van der Waals surface area contributed by atoms with E-state index in [4.69, 9.17) is 37.7 Å². The van der Waals surface area contributed by atoms with Crippen LogP contribution in [0.2, 0.25) is 10.0 Å². The maximum absolute atomic E-state index is 6.29. The summed E-state index contributed by atoms with van der Waals surface area (Å²) in [5, 5.41) is 12.7. The second-order valence-electron chi connectivity index (χ2n) is 7.79. The van der Waals surface area contributed by atoms with Crippen LogP contribution in [0.4, 0.5) is 5.69 Å². The molecule has 5 aromatic rings. The Morgan fingerprint density at radius 1 is 1.06 bits per heavy atom. The highest BCUT2D eigenvalue weighted by Crippen LogP contribution is 2.34. The molecule has 0 aliphatic carbocycles. The monoisotopic (exact) mass is 496 g/mol. The summed E-state index contributed by atoms with van der Waals surface area (Å²) in [6.45, 7) is 3.25. The highest BCUT2D eigenvalue weighted by atomic mass is 35.5. The lowest BCUT2D eigenvalue weighted by atomic mass is 10.1. The van der Waals surface area contributed by atoms with E-state index in [1.807, 2.05) is 43.3 Å². The smallest absolute Gasteiger partial charge is 0.159 e. The zero-order chi connectivity index (χ0) is 23.7. The van der Waals surface area contributed by atoms with Gasteiger partial charge in [0.1, 0.15) is 17.5 Å². The molecule has 0 saturated heterocycles. The number of fused-ring (bicyclic) bond motifs is 2. The number of pyridine rings is 1. The number of imidazole rings is 1. The molecule has 0 spiro atoms. The summed E-state index contributed by atoms with van der Waals surface area (Å²) in [6, 6.07) is 11.7. The van der Waals surface area contributed by atoms with Gasteiger partial charge in [-0.25, -0.2) is 4.98 Å². The van der Waals surface area contributed by atoms with Crippen LogP contribution in [0.1, 0.15) is 18.6 Å². The minimum atomic E-state index is -0.369. The van der Waals surface area contributed by atoms with Crippen LogP contribution >= 0.6 is 23.2 Å². The molecule has 174 valence electrons. The number of hydrogen-bond acceptors (Lipinski definition) is 6. The van der Waals surface area contributed by atoms with Gasteiger partial charge in [-0.2, -0.15) is 5.10 Å². The first-order chi connectivity index (χ1) is 16.5. The van der Waals surface area contributed by atoms with Crippen molar-refractivity contribution in [3.8, 4) is 17.3 Å². The lowest BCUT2D eigenvalue weighted by Gasteiger charge is -2.17. The van der Waals surface area contributed by atoms with Crippen LogP contribution in [0, 0.1) is 0 Å². The van der Waals surface area contributed by atoms with Crippen molar-refractivity contribution in [1.82, 2.24) is 25.1 Å². The van der Waals surface area contributed by atoms with Crippen LogP contribution in [0.5, 0.6) is 5.75 Å². The van der Waals surface area contributed by atoms with Gasteiger partial charge in [-0.1, -0.05) is 23.2 Å². The summed E-state index contributed by atoms with van der Waals surface area (Å²) in [7, 11) is 1.68. The van der Waals surface area contributed by atoms with Gasteiger partial charge >= 0.3 is 0 Å². The lowest BCUT2D eigenvalue weighted by molar-refractivity contribution is 0.211. The van der Waals surface area contributed by atoms with E-state index in [-0.39, 0.29) is 6.10 Å². The lowest BCUT2D eigenvalue weighted by Crippen LogP contribution is -2.07. The quantitative estimate of drug-likeness (QED) is 0.227. The zero-order valence-electron chi connectivity index (χ0n) is 18.5. The van der Waals surface area contributed by atoms with Crippen molar-refractivity contribution in [2.75, 3.05) is 25.6 Å². The Morgan fingerprint density at radius 3 is 2.68 bits per heavy atom. The summed E-state index contributed by atoms with van der Waals surface area (Å²) < 4.78 is 11.3. The number of halogens is 2. The first-order valence-electron chi connectivity index (χ1n) is 10.7.